The summed E-state index contributed by atoms with van der Waals surface area (Å²) in [6, 6.07) is 7.21. The monoisotopic (exact) mass is 264 g/mol. The molecule has 2 unspecified atom stereocenters. The van der Waals surface area contributed by atoms with Crippen molar-refractivity contribution >= 4 is 5.91 Å². The highest BCUT2D eigenvalue weighted by Crippen LogP contribution is 2.14. The van der Waals surface area contributed by atoms with E-state index in [9.17, 15) is 4.79 Å². The van der Waals surface area contributed by atoms with Crippen LogP contribution in [-0.2, 0) is 0 Å². The number of nitrogens with one attached hydrogen (secondary N) is 1. The average molecular weight is 264 g/mol. The Morgan fingerprint density at radius 2 is 1.95 bits per heavy atom. The van der Waals surface area contributed by atoms with Crippen molar-refractivity contribution in [2.24, 2.45) is 11.7 Å². The Bertz CT molecular complexity index is 390. The lowest BCUT2D eigenvalue weighted by Gasteiger charge is -2.13. The summed E-state index contributed by atoms with van der Waals surface area (Å²) in [4.78, 5) is 11.9. The van der Waals surface area contributed by atoms with E-state index >= 15 is 0 Å². The number of carbonyl (C=O) groups is 1. The fraction of sp³-hybridized carbons (Fsp3) is 0.533. The molecule has 3 N–H and O–H groups in total. The summed E-state index contributed by atoms with van der Waals surface area (Å²) >= 11 is 0. The van der Waals surface area contributed by atoms with E-state index in [2.05, 4.69) is 12.2 Å². The first-order valence-electron chi connectivity index (χ1n) is 6.81. The summed E-state index contributed by atoms with van der Waals surface area (Å²) < 4.78 is 5.67. The third-order valence-electron chi connectivity index (χ3n) is 3.04. The van der Waals surface area contributed by atoms with Crippen LogP contribution in [0.1, 0.15) is 37.6 Å². The van der Waals surface area contributed by atoms with Crippen molar-refractivity contribution in [2.75, 3.05) is 13.1 Å². The van der Waals surface area contributed by atoms with E-state index in [-0.39, 0.29) is 17.9 Å². The number of rotatable bonds is 7. The van der Waals surface area contributed by atoms with Gasteiger partial charge in [-0.15, -0.1) is 0 Å². The van der Waals surface area contributed by atoms with Gasteiger partial charge in [0, 0.05) is 12.1 Å². The highest BCUT2D eigenvalue weighted by Gasteiger charge is 2.08. The first-order valence-corrected chi connectivity index (χ1v) is 6.81. The van der Waals surface area contributed by atoms with Crippen LogP contribution in [0.15, 0.2) is 24.3 Å². The molecule has 4 nitrogen and oxygen atoms in total. The van der Waals surface area contributed by atoms with E-state index in [0.717, 1.165) is 12.2 Å². The van der Waals surface area contributed by atoms with E-state index in [0.29, 0.717) is 18.7 Å². The Hall–Kier alpha value is -1.55. The van der Waals surface area contributed by atoms with E-state index in [4.69, 9.17) is 10.5 Å². The second-order valence-electron chi connectivity index (χ2n) is 4.91. The smallest absolute Gasteiger partial charge is 0.251 e. The number of amides is 1. The minimum absolute atomic E-state index is 0.0737. The fourth-order valence-corrected chi connectivity index (χ4v) is 1.45. The van der Waals surface area contributed by atoms with Crippen LogP contribution in [0, 0.1) is 5.92 Å². The molecule has 0 aliphatic carbocycles. The Morgan fingerprint density at radius 3 is 2.47 bits per heavy atom. The summed E-state index contributed by atoms with van der Waals surface area (Å²) in [5.74, 6) is 1.01. The van der Waals surface area contributed by atoms with Gasteiger partial charge in [-0.3, -0.25) is 4.79 Å². The van der Waals surface area contributed by atoms with Crippen molar-refractivity contribution in [1.29, 1.82) is 0 Å². The molecule has 1 amide bonds. The zero-order valence-electron chi connectivity index (χ0n) is 12.0. The van der Waals surface area contributed by atoms with Gasteiger partial charge in [-0.2, -0.15) is 0 Å². The van der Waals surface area contributed by atoms with Crippen molar-refractivity contribution in [2.45, 2.75) is 33.3 Å². The normalized spacial score (nSPS) is 13.7. The van der Waals surface area contributed by atoms with Gasteiger partial charge in [-0.1, -0.05) is 13.8 Å². The molecule has 1 rings (SSSR count). The van der Waals surface area contributed by atoms with Crippen LogP contribution in [0.25, 0.3) is 0 Å². The lowest BCUT2D eigenvalue weighted by Crippen LogP contribution is -2.31. The van der Waals surface area contributed by atoms with Gasteiger partial charge >= 0.3 is 0 Å². The fourth-order valence-electron chi connectivity index (χ4n) is 1.45. The van der Waals surface area contributed by atoms with Gasteiger partial charge in [0.25, 0.3) is 5.91 Å². The van der Waals surface area contributed by atoms with Crippen molar-refractivity contribution in [3.8, 4) is 5.75 Å². The third-order valence-corrected chi connectivity index (χ3v) is 3.04. The minimum Gasteiger partial charge on any atom is -0.491 e. The number of carbonyl (C=O) groups excluding carboxylic acids is 1. The maximum Gasteiger partial charge on any atom is 0.251 e. The summed E-state index contributed by atoms with van der Waals surface area (Å²) in [5.41, 5.74) is 6.15. The molecule has 0 aliphatic heterocycles. The Balaban J connectivity index is 2.53. The molecule has 1 aromatic rings. The van der Waals surface area contributed by atoms with E-state index in [1.807, 2.05) is 26.0 Å². The summed E-state index contributed by atoms with van der Waals surface area (Å²) in [7, 11) is 0. The molecule has 4 heteroatoms. The second-order valence-corrected chi connectivity index (χ2v) is 4.91. The highest BCUT2D eigenvalue weighted by atomic mass is 16.5. The third kappa shape index (κ3) is 5.30. The predicted molar refractivity (Wildman–Crippen MR) is 77.4 cm³/mol. The van der Waals surface area contributed by atoms with Crippen molar-refractivity contribution in [1.82, 2.24) is 5.32 Å². The van der Waals surface area contributed by atoms with E-state index in [1.165, 1.54) is 0 Å². The molecular weight excluding hydrogens is 240 g/mol. The molecule has 0 heterocycles. The zero-order chi connectivity index (χ0) is 14.3. The SMILES string of the molecule is CCC(C)Oc1ccc(C(=O)NCC(C)CN)cc1. The molecule has 0 bridgehead atoms. The average Bonchev–Trinajstić information content (AvgIpc) is 2.44. The lowest BCUT2D eigenvalue weighted by molar-refractivity contribution is 0.0948. The molecule has 0 saturated heterocycles. The van der Waals surface area contributed by atoms with Crippen LogP contribution in [0.2, 0.25) is 0 Å². The molecule has 0 fully saturated rings. The molecular formula is C15H24N2O2. The van der Waals surface area contributed by atoms with Crippen molar-refractivity contribution in [3.63, 3.8) is 0 Å². The van der Waals surface area contributed by atoms with Gasteiger partial charge in [-0.05, 0) is 50.1 Å². The largest absolute Gasteiger partial charge is 0.491 e. The van der Waals surface area contributed by atoms with Crippen LogP contribution in [0.4, 0.5) is 0 Å². The van der Waals surface area contributed by atoms with Gasteiger partial charge in [-0.25, -0.2) is 0 Å². The Kier molecular flexibility index (Phi) is 6.36. The van der Waals surface area contributed by atoms with Gasteiger partial charge < -0.3 is 15.8 Å². The molecule has 0 aliphatic rings. The van der Waals surface area contributed by atoms with Crippen molar-refractivity contribution < 1.29 is 9.53 Å². The van der Waals surface area contributed by atoms with E-state index in [1.54, 1.807) is 12.1 Å². The first kappa shape index (κ1) is 15.5. The minimum atomic E-state index is -0.0737. The maximum absolute atomic E-state index is 11.9. The van der Waals surface area contributed by atoms with E-state index < -0.39 is 0 Å². The predicted octanol–water partition coefficient (Wildman–Crippen LogP) is 2.19. The summed E-state index contributed by atoms with van der Waals surface area (Å²) in [6.45, 7) is 7.27. The quantitative estimate of drug-likeness (QED) is 0.793. The lowest BCUT2D eigenvalue weighted by atomic mass is 10.1. The zero-order valence-corrected chi connectivity index (χ0v) is 12.0. The molecule has 1 aromatic carbocycles. The van der Waals surface area contributed by atoms with Crippen LogP contribution in [0.5, 0.6) is 5.75 Å². The maximum atomic E-state index is 11.9. The van der Waals surface area contributed by atoms with Crippen LogP contribution in [0.3, 0.4) is 0 Å². The molecule has 106 valence electrons. The topological polar surface area (TPSA) is 64.3 Å². The molecule has 0 radical (unpaired) electrons. The van der Waals surface area contributed by atoms with Crippen LogP contribution in [-0.4, -0.2) is 25.1 Å². The van der Waals surface area contributed by atoms with Crippen molar-refractivity contribution in [3.05, 3.63) is 29.8 Å². The first-order chi connectivity index (χ1) is 9.06. The molecule has 2 atom stereocenters. The van der Waals surface area contributed by atoms with Gasteiger partial charge in [0.05, 0.1) is 6.10 Å². The number of hydrogen-bond acceptors (Lipinski definition) is 3. The Labute approximate surface area is 115 Å². The number of hydrogen-bond donors (Lipinski definition) is 2. The summed E-state index contributed by atoms with van der Waals surface area (Å²) in [6.07, 6.45) is 1.14. The number of benzene rings is 1. The second kappa shape index (κ2) is 7.79. The van der Waals surface area contributed by atoms with Gasteiger partial charge in [0.2, 0.25) is 0 Å². The molecule has 0 saturated carbocycles. The van der Waals surface area contributed by atoms with Crippen LogP contribution >= 0.6 is 0 Å². The number of ether oxygens (including phenoxy) is 1. The molecule has 19 heavy (non-hydrogen) atoms. The highest BCUT2D eigenvalue weighted by molar-refractivity contribution is 5.94. The Morgan fingerprint density at radius 1 is 1.32 bits per heavy atom. The molecule has 0 aromatic heterocycles. The molecule has 0 spiro atoms. The summed E-state index contributed by atoms with van der Waals surface area (Å²) in [5, 5.41) is 2.86. The van der Waals surface area contributed by atoms with Gasteiger partial charge in [0.1, 0.15) is 5.75 Å². The van der Waals surface area contributed by atoms with Gasteiger partial charge in [0.15, 0.2) is 0 Å². The number of nitrogens with two attached hydrogens (primary N) is 1. The standard InChI is InChI=1S/C15H24N2O2/c1-4-12(3)19-14-7-5-13(6-8-14)15(18)17-10-11(2)9-16/h5-8,11-12H,4,9-10,16H2,1-3H3,(H,17,18). The van der Waals surface area contributed by atoms with Crippen LogP contribution < -0.4 is 15.8 Å².